The number of aromatic nitrogens is 3. The summed E-state index contributed by atoms with van der Waals surface area (Å²) < 4.78 is 28.4. The zero-order valence-electron chi connectivity index (χ0n) is 32.2. The number of aromatic hydroxyl groups is 1. The number of carbonyl (C=O) groups excluding carboxylic acids is 2. The molecule has 2 unspecified atom stereocenters. The molecule has 4 heterocycles. The highest BCUT2D eigenvalue weighted by atomic mass is 28.3. The molecule has 1 amide bonds. The summed E-state index contributed by atoms with van der Waals surface area (Å²) >= 11 is 0. The summed E-state index contributed by atoms with van der Waals surface area (Å²) in [5, 5.41) is 12.6. The summed E-state index contributed by atoms with van der Waals surface area (Å²) in [6, 6.07) is 8.46. The number of pyridine rings is 1. The zero-order valence-corrected chi connectivity index (χ0v) is 33.2. The highest BCUT2D eigenvalue weighted by Crippen LogP contribution is 2.42. The van der Waals surface area contributed by atoms with Gasteiger partial charge in [0.05, 0.1) is 17.5 Å². The molecule has 2 atom stereocenters. The fourth-order valence-corrected chi connectivity index (χ4v) is 13.8. The first kappa shape index (κ1) is 38.0. The molecular weight excluding hydrogens is 690 g/mol. The molecule has 2 aromatic heterocycles. The number of benzene rings is 2. The van der Waals surface area contributed by atoms with Crippen molar-refractivity contribution in [2.45, 2.75) is 109 Å². The number of nitrogens with zero attached hydrogens (tertiary/aromatic N) is 5. The van der Waals surface area contributed by atoms with E-state index in [0.29, 0.717) is 63.5 Å². The molecule has 12 heteroatoms. The number of aldehydes is 1. The van der Waals surface area contributed by atoms with E-state index in [-0.39, 0.29) is 47.8 Å². The van der Waals surface area contributed by atoms with Gasteiger partial charge in [0.15, 0.2) is 12.1 Å². The van der Waals surface area contributed by atoms with Crippen molar-refractivity contribution in [3.05, 3.63) is 47.9 Å². The number of phenolic OH excluding ortho intramolecular Hbond substituents is 1. The predicted octanol–water partition coefficient (Wildman–Crippen LogP) is 8.43. The van der Waals surface area contributed by atoms with E-state index < -0.39 is 19.5 Å². The van der Waals surface area contributed by atoms with Gasteiger partial charge in [0.1, 0.15) is 43.1 Å². The van der Waals surface area contributed by atoms with Crippen molar-refractivity contribution in [1.82, 2.24) is 19.9 Å². The van der Waals surface area contributed by atoms with Crippen LogP contribution in [0.2, 0.25) is 16.6 Å². The lowest BCUT2D eigenvalue weighted by molar-refractivity contribution is -0.109. The summed E-state index contributed by atoms with van der Waals surface area (Å²) in [7, 11) is -2.11. The van der Waals surface area contributed by atoms with Crippen LogP contribution in [0.5, 0.6) is 11.8 Å². The third-order valence-electron chi connectivity index (χ3n) is 10.8. The molecule has 0 saturated carbocycles. The highest BCUT2D eigenvalue weighted by molar-refractivity contribution is 6.90. The van der Waals surface area contributed by atoms with Gasteiger partial charge in [0.2, 0.25) is 0 Å². The molecule has 2 aromatic carbocycles. The van der Waals surface area contributed by atoms with Crippen LogP contribution in [0.1, 0.15) is 80.7 Å². The maximum absolute atomic E-state index is 17.1. The number of carbonyl (C=O) groups is 2. The maximum atomic E-state index is 17.1. The Kier molecular flexibility index (Phi) is 10.4. The van der Waals surface area contributed by atoms with Crippen LogP contribution < -0.4 is 9.64 Å². The molecule has 4 aromatic rings. The molecule has 2 fully saturated rings. The molecule has 2 aliphatic rings. The van der Waals surface area contributed by atoms with Gasteiger partial charge in [-0.1, -0.05) is 59.6 Å². The Hall–Kier alpha value is -4.76. The molecule has 0 aliphatic carbocycles. The molecule has 0 spiro atoms. The van der Waals surface area contributed by atoms with Gasteiger partial charge in [0.25, 0.3) is 0 Å². The van der Waals surface area contributed by atoms with Crippen LogP contribution in [0.4, 0.5) is 15.0 Å². The second kappa shape index (κ2) is 14.6. The number of halogens is 1. The van der Waals surface area contributed by atoms with Crippen molar-refractivity contribution in [2.24, 2.45) is 0 Å². The van der Waals surface area contributed by atoms with Crippen LogP contribution >= 0.6 is 0 Å². The number of hydrogen-bond donors (Lipinski definition) is 1. The van der Waals surface area contributed by atoms with Gasteiger partial charge in [-0.25, -0.2) is 9.18 Å². The standard InChI is InChI=1S/C41H50FN5O5Si/c1-24(2)53(25(3)4,26(5)6)18-15-27-11-10-12-28-19-31(49)20-32(34(27)28)36-35(42)37-33(21-43-36)38(45-39(44-37)51-17-16-48)46-22-29-13-14-30(23-46)47(29)40(50)52-41(7,8)9/h10-12,16,19-21,24-26,29-30,49H,13-14,17,22-23H2,1-9H3. The lowest BCUT2D eigenvalue weighted by atomic mass is 9.96. The van der Waals surface area contributed by atoms with Crippen molar-refractivity contribution >= 4 is 47.9 Å². The molecule has 53 heavy (non-hydrogen) atoms. The number of piperazine rings is 1. The summed E-state index contributed by atoms with van der Waals surface area (Å²) in [4.78, 5) is 42.0. The molecular formula is C41H50FN5O5Si. The van der Waals surface area contributed by atoms with Gasteiger partial charge in [-0.05, 0) is 73.8 Å². The SMILES string of the molecule is CC(C)[Si](C#Cc1cccc2cc(O)cc(-c3ncc4c(N5CC6CCC(C5)N6C(=O)OC(C)(C)C)nc(OCC=O)nc4c3F)c12)(C(C)C)C(C)C. The summed E-state index contributed by atoms with van der Waals surface area (Å²) in [6.07, 6.45) is 3.36. The van der Waals surface area contributed by atoms with Crippen LogP contribution in [-0.4, -0.2) is 82.8 Å². The summed E-state index contributed by atoms with van der Waals surface area (Å²) in [5.41, 5.74) is 5.51. The Labute approximate surface area is 312 Å². The van der Waals surface area contributed by atoms with Crippen LogP contribution in [0.15, 0.2) is 36.5 Å². The highest BCUT2D eigenvalue weighted by Gasteiger charge is 2.45. The first-order valence-electron chi connectivity index (χ1n) is 18.5. The van der Waals surface area contributed by atoms with Crippen LogP contribution in [-0.2, 0) is 9.53 Å². The Bertz CT molecular complexity index is 2090. The molecule has 0 radical (unpaired) electrons. The first-order valence-corrected chi connectivity index (χ1v) is 20.8. The maximum Gasteiger partial charge on any atom is 0.410 e. The van der Waals surface area contributed by atoms with Gasteiger partial charge in [-0.15, -0.1) is 5.54 Å². The second-order valence-corrected chi connectivity index (χ2v) is 21.8. The van der Waals surface area contributed by atoms with Gasteiger partial charge in [0, 0.05) is 35.8 Å². The smallest absolute Gasteiger partial charge is 0.410 e. The average Bonchev–Trinajstić information content (AvgIpc) is 3.35. The number of fused-ring (bicyclic) bond motifs is 4. The Morgan fingerprint density at radius 3 is 2.32 bits per heavy atom. The van der Waals surface area contributed by atoms with Crippen molar-refractivity contribution in [2.75, 3.05) is 24.6 Å². The Morgan fingerprint density at radius 1 is 1.06 bits per heavy atom. The number of ether oxygens (including phenoxy) is 2. The predicted molar refractivity (Wildman–Crippen MR) is 208 cm³/mol. The van der Waals surface area contributed by atoms with Crippen molar-refractivity contribution < 1.29 is 28.6 Å². The van der Waals surface area contributed by atoms with E-state index in [0.717, 1.165) is 18.4 Å². The van der Waals surface area contributed by atoms with Gasteiger partial charge < -0.3 is 19.5 Å². The molecule has 280 valence electrons. The molecule has 2 bridgehead atoms. The summed E-state index contributed by atoms with van der Waals surface area (Å²) in [6.45, 7) is 19.7. The average molecular weight is 740 g/mol. The Morgan fingerprint density at radius 2 is 1.72 bits per heavy atom. The van der Waals surface area contributed by atoms with Gasteiger partial charge >= 0.3 is 12.1 Å². The van der Waals surface area contributed by atoms with E-state index in [2.05, 4.69) is 68.0 Å². The topological polar surface area (TPSA) is 118 Å². The van der Waals surface area contributed by atoms with Crippen molar-refractivity contribution in [3.63, 3.8) is 0 Å². The fraction of sp³-hybridized carbons (Fsp3) is 0.488. The van der Waals surface area contributed by atoms with Crippen molar-refractivity contribution in [1.29, 1.82) is 0 Å². The van der Waals surface area contributed by atoms with Gasteiger partial charge in [-0.3, -0.25) is 14.7 Å². The van der Waals surface area contributed by atoms with E-state index >= 15 is 4.39 Å². The molecule has 1 N–H and O–H groups in total. The van der Waals surface area contributed by atoms with E-state index in [1.165, 1.54) is 6.07 Å². The zero-order chi connectivity index (χ0) is 38.4. The third kappa shape index (κ3) is 7.15. The first-order chi connectivity index (χ1) is 25.0. The van der Waals surface area contributed by atoms with E-state index in [1.54, 1.807) is 12.3 Å². The molecule has 10 nitrogen and oxygen atoms in total. The lowest BCUT2D eigenvalue weighted by Crippen LogP contribution is -2.57. The van der Waals surface area contributed by atoms with Crippen LogP contribution in [0.3, 0.4) is 0 Å². The largest absolute Gasteiger partial charge is 0.508 e. The van der Waals surface area contributed by atoms with E-state index in [4.69, 9.17) is 9.47 Å². The Balaban J connectivity index is 1.49. The third-order valence-corrected chi connectivity index (χ3v) is 17.1. The number of amides is 1. The monoisotopic (exact) mass is 739 g/mol. The quantitative estimate of drug-likeness (QED) is 0.108. The normalized spacial score (nSPS) is 17.5. The van der Waals surface area contributed by atoms with E-state index in [9.17, 15) is 14.7 Å². The second-order valence-electron chi connectivity index (χ2n) is 16.2. The lowest BCUT2D eigenvalue weighted by Gasteiger charge is -2.42. The fourth-order valence-electron chi connectivity index (χ4n) is 8.62. The van der Waals surface area contributed by atoms with Crippen LogP contribution in [0.25, 0.3) is 32.9 Å². The molecule has 6 rings (SSSR count). The van der Waals surface area contributed by atoms with E-state index in [1.807, 2.05) is 48.8 Å². The number of phenols is 1. The summed E-state index contributed by atoms with van der Waals surface area (Å²) in [5.74, 6) is 3.18. The van der Waals surface area contributed by atoms with Gasteiger partial charge in [-0.2, -0.15) is 9.97 Å². The number of hydrogen-bond acceptors (Lipinski definition) is 9. The minimum atomic E-state index is -2.11. The number of anilines is 1. The minimum Gasteiger partial charge on any atom is -0.508 e. The number of rotatable bonds is 8. The minimum absolute atomic E-state index is 0.00598. The van der Waals surface area contributed by atoms with Crippen LogP contribution in [0, 0.1) is 17.3 Å². The molecule has 2 aliphatic heterocycles. The molecule has 2 saturated heterocycles. The van der Waals surface area contributed by atoms with Crippen molar-refractivity contribution in [3.8, 4) is 34.5 Å².